The first-order chi connectivity index (χ1) is 8.70. The number of carbonyl (C=O) groups is 1. The quantitative estimate of drug-likeness (QED) is 0.803. The van der Waals surface area contributed by atoms with Crippen LogP contribution in [0.1, 0.15) is 12.0 Å². The molecule has 1 aliphatic heterocycles. The predicted molar refractivity (Wildman–Crippen MR) is 70.5 cm³/mol. The van der Waals surface area contributed by atoms with Gasteiger partial charge in [0, 0.05) is 5.69 Å². The van der Waals surface area contributed by atoms with Gasteiger partial charge in [-0.3, -0.25) is 4.79 Å². The summed E-state index contributed by atoms with van der Waals surface area (Å²) in [5.74, 6) is -0.417. The lowest BCUT2D eigenvalue weighted by Crippen LogP contribution is -2.25. The van der Waals surface area contributed by atoms with Gasteiger partial charge in [-0.15, -0.1) is 7.05 Å². The van der Waals surface area contributed by atoms with Gasteiger partial charge in [0.05, 0.1) is 0 Å². The maximum absolute atomic E-state index is 11.9. The fourth-order valence-electron chi connectivity index (χ4n) is 1.93. The van der Waals surface area contributed by atoms with Crippen molar-refractivity contribution in [1.29, 1.82) is 0 Å². The second-order valence-electron chi connectivity index (χ2n) is 4.08. The Morgan fingerprint density at radius 3 is 3.06 bits per heavy atom. The van der Waals surface area contributed by atoms with Crippen molar-refractivity contribution in [3.63, 3.8) is 0 Å². The summed E-state index contributed by atoms with van der Waals surface area (Å²) in [6, 6.07) is 7.09. The largest absolute Gasteiger partial charge is 0.692 e. The molecule has 1 amide bonds. The van der Waals surface area contributed by atoms with E-state index in [1.165, 1.54) is 13.2 Å². The highest BCUT2D eigenvalue weighted by Gasteiger charge is 2.16. The van der Waals surface area contributed by atoms with Gasteiger partial charge in [0.1, 0.15) is 0 Å². The third-order valence-corrected chi connectivity index (χ3v) is 2.80. The Morgan fingerprint density at radius 1 is 1.50 bits per heavy atom. The molecule has 0 radical (unpaired) electrons. The first-order valence-corrected chi connectivity index (χ1v) is 5.78. The van der Waals surface area contributed by atoms with Crippen molar-refractivity contribution < 1.29 is 9.90 Å². The molecule has 0 fully saturated rings. The molecule has 0 aromatic heterocycles. The van der Waals surface area contributed by atoms with E-state index in [2.05, 4.69) is 16.0 Å². The summed E-state index contributed by atoms with van der Waals surface area (Å²) in [6.45, 7) is 0. The maximum Gasteiger partial charge on any atom is 0.209 e. The first kappa shape index (κ1) is 12.3. The molecule has 5 heteroatoms. The van der Waals surface area contributed by atoms with Crippen LogP contribution in [-0.4, -0.2) is 24.1 Å². The van der Waals surface area contributed by atoms with Crippen LogP contribution in [0.15, 0.2) is 36.3 Å². The molecular formula is C13H15N3O2-2. The van der Waals surface area contributed by atoms with Gasteiger partial charge < -0.3 is 21.1 Å². The minimum absolute atomic E-state index is 0.198. The van der Waals surface area contributed by atoms with Gasteiger partial charge in [0.25, 0.3) is 0 Å². The van der Waals surface area contributed by atoms with Crippen LogP contribution < -0.4 is 5.32 Å². The van der Waals surface area contributed by atoms with Gasteiger partial charge in [-0.25, -0.2) is 0 Å². The van der Waals surface area contributed by atoms with E-state index < -0.39 is 6.04 Å². The van der Waals surface area contributed by atoms with Crippen LogP contribution in [0.2, 0.25) is 0 Å². The number of anilines is 1. The number of rotatable bonds is 3. The smallest absolute Gasteiger partial charge is 0.209 e. The lowest BCUT2D eigenvalue weighted by molar-refractivity contribution is -0.116. The molecule has 96 valence electrons. The molecule has 1 heterocycles. The van der Waals surface area contributed by atoms with Crippen molar-refractivity contribution in [3.8, 4) is 0 Å². The van der Waals surface area contributed by atoms with E-state index in [-0.39, 0.29) is 11.8 Å². The molecular weight excluding hydrogens is 230 g/mol. The number of para-hydroxylation sites is 1. The second-order valence-corrected chi connectivity index (χ2v) is 4.08. The summed E-state index contributed by atoms with van der Waals surface area (Å²) in [5, 5.41) is 19.9. The summed E-state index contributed by atoms with van der Waals surface area (Å²) in [5.41, 5.74) is 1.91. The molecule has 1 aliphatic rings. The lowest BCUT2D eigenvalue weighted by atomic mass is 10.1. The molecule has 1 aromatic carbocycles. The normalized spacial score (nSPS) is 19.5. The SMILES string of the molecule is C[N-]C=C(O)[N-]C1CCc2ccccc2NC1=O. The predicted octanol–water partition coefficient (Wildman–Crippen LogP) is 2.67. The van der Waals surface area contributed by atoms with Crippen LogP contribution in [0.25, 0.3) is 10.6 Å². The summed E-state index contributed by atoms with van der Waals surface area (Å²) in [4.78, 5) is 11.9. The summed E-state index contributed by atoms with van der Waals surface area (Å²) in [6.07, 6.45) is 2.55. The Balaban J connectivity index is 2.10. The fourth-order valence-corrected chi connectivity index (χ4v) is 1.93. The maximum atomic E-state index is 11.9. The van der Waals surface area contributed by atoms with Crippen molar-refractivity contribution in [3.05, 3.63) is 52.5 Å². The van der Waals surface area contributed by atoms with E-state index in [0.29, 0.717) is 6.42 Å². The van der Waals surface area contributed by atoms with Crippen molar-refractivity contribution >= 4 is 11.6 Å². The Bertz CT molecular complexity index is 471. The van der Waals surface area contributed by atoms with Gasteiger partial charge in [-0.2, -0.15) is 6.20 Å². The Hall–Kier alpha value is -2.17. The van der Waals surface area contributed by atoms with Crippen LogP contribution in [0.3, 0.4) is 0 Å². The van der Waals surface area contributed by atoms with E-state index in [1.54, 1.807) is 0 Å². The molecule has 1 unspecified atom stereocenters. The molecule has 0 aliphatic carbocycles. The number of aliphatic hydroxyl groups excluding tert-OH is 1. The molecule has 2 N–H and O–H groups in total. The molecule has 0 saturated heterocycles. The third-order valence-electron chi connectivity index (χ3n) is 2.80. The monoisotopic (exact) mass is 245 g/mol. The minimum atomic E-state index is -0.574. The van der Waals surface area contributed by atoms with Crippen LogP contribution >= 0.6 is 0 Å². The molecule has 0 saturated carbocycles. The zero-order valence-electron chi connectivity index (χ0n) is 10.1. The summed E-state index contributed by atoms with van der Waals surface area (Å²) in [7, 11) is 1.54. The first-order valence-electron chi connectivity index (χ1n) is 5.78. The fraction of sp³-hybridized carbons (Fsp3) is 0.308. The zero-order valence-corrected chi connectivity index (χ0v) is 10.1. The minimum Gasteiger partial charge on any atom is -0.692 e. The highest BCUT2D eigenvalue weighted by molar-refractivity contribution is 5.98. The summed E-state index contributed by atoms with van der Waals surface area (Å²) >= 11 is 0. The molecule has 18 heavy (non-hydrogen) atoms. The standard InChI is InChI=1S/C13H15N3O2/c1-14-8-12(17)15-11-7-6-9-4-2-3-5-10(9)16-13(11)18/h2-5,8,11,17H,6-7H2,1H3,(H,16,18)/q-2. The van der Waals surface area contributed by atoms with E-state index in [0.717, 1.165) is 17.7 Å². The number of nitrogens with one attached hydrogen (secondary N) is 1. The van der Waals surface area contributed by atoms with E-state index in [1.807, 2.05) is 24.3 Å². The Labute approximate surface area is 106 Å². The van der Waals surface area contributed by atoms with Crippen LogP contribution in [0.5, 0.6) is 0 Å². The average molecular weight is 245 g/mol. The van der Waals surface area contributed by atoms with Crippen molar-refractivity contribution in [2.24, 2.45) is 0 Å². The van der Waals surface area contributed by atoms with Crippen LogP contribution in [0, 0.1) is 0 Å². The molecule has 1 aromatic rings. The molecule has 0 spiro atoms. The van der Waals surface area contributed by atoms with Gasteiger partial charge in [-0.05, 0) is 30.0 Å². The van der Waals surface area contributed by atoms with E-state index in [4.69, 9.17) is 0 Å². The Morgan fingerprint density at radius 2 is 2.28 bits per heavy atom. The zero-order chi connectivity index (χ0) is 13.0. The number of carbonyl (C=O) groups excluding carboxylic acids is 1. The van der Waals surface area contributed by atoms with Gasteiger partial charge >= 0.3 is 0 Å². The topological polar surface area (TPSA) is 77.5 Å². The number of hydrogen-bond acceptors (Lipinski definition) is 2. The second kappa shape index (κ2) is 5.44. The van der Waals surface area contributed by atoms with E-state index >= 15 is 0 Å². The average Bonchev–Trinajstić information content (AvgIpc) is 2.50. The van der Waals surface area contributed by atoms with Crippen molar-refractivity contribution in [2.45, 2.75) is 18.9 Å². The van der Waals surface area contributed by atoms with Gasteiger partial charge in [-0.1, -0.05) is 24.6 Å². The number of amides is 1. The number of benzene rings is 1. The number of nitrogens with zero attached hydrogens (tertiary/aromatic N) is 2. The van der Waals surface area contributed by atoms with Gasteiger partial charge in [0.2, 0.25) is 5.91 Å². The number of hydrogen-bond donors (Lipinski definition) is 2. The van der Waals surface area contributed by atoms with E-state index in [9.17, 15) is 9.90 Å². The molecule has 2 rings (SSSR count). The van der Waals surface area contributed by atoms with Crippen LogP contribution in [0.4, 0.5) is 5.69 Å². The summed E-state index contributed by atoms with van der Waals surface area (Å²) < 4.78 is 0. The lowest BCUT2D eigenvalue weighted by Gasteiger charge is -2.31. The molecule has 1 atom stereocenters. The number of aliphatic hydroxyl groups is 1. The van der Waals surface area contributed by atoms with Crippen molar-refractivity contribution in [1.82, 2.24) is 0 Å². The third kappa shape index (κ3) is 2.74. The van der Waals surface area contributed by atoms with Crippen molar-refractivity contribution in [2.75, 3.05) is 12.4 Å². The highest BCUT2D eigenvalue weighted by Crippen LogP contribution is 2.25. The highest BCUT2D eigenvalue weighted by atomic mass is 16.3. The number of fused-ring (bicyclic) bond motifs is 1. The van der Waals surface area contributed by atoms with Crippen LogP contribution in [-0.2, 0) is 11.2 Å². The van der Waals surface area contributed by atoms with Gasteiger partial charge in [0.15, 0.2) is 0 Å². The molecule has 0 bridgehead atoms. The number of aryl methyl sites for hydroxylation is 1. The molecule has 5 nitrogen and oxygen atoms in total. The Kier molecular flexibility index (Phi) is 3.72.